The van der Waals surface area contributed by atoms with Crippen LogP contribution in [-0.2, 0) is 0 Å². The van der Waals surface area contributed by atoms with Crippen molar-refractivity contribution >= 4 is 22.9 Å². The Morgan fingerprint density at radius 1 is 0.968 bits per heavy atom. The van der Waals surface area contributed by atoms with Crippen LogP contribution in [0.25, 0.3) is 16.5 Å². The van der Waals surface area contributed by atoms with Crippen LogP contribution in [0.4, 0.5) is 0 Å². The maximum absolute atomic E-state index is 12.6. The SMILES string of the molecule is Cc1cccc(-n2c(C)cc(C=NNC(=O)c3cc4ccccc4cc3O)c2C)c1C. The highest BCUT2D eigenvalue weighted by Crippen LogP contribution is 2.26. The number of aromatic nitrogens is 1. The number of aromatic hydroxyl groups is 1. The summed E-state index contributed by atoms with van der Waals surface area (Å²) in [5.41, 5.74) is 9.38. The first-order valence-corrected chi connectivity index (χ1v) is 10.2. The van der Waals surface area contributed by atoms with Crippen molar-refractivity contribution in [1.82, 2.24) is 9.99 Å². The topological polar surface area (TPSA) is 66.6 Å². The molecule has 0 atom stereocenters. The molecule has 5 heteroatoms. The van der Waals surface area contributed by atoms with Crippen LogP contribution in [0.15, 0.2) is 65.8 Å². The van der Waals surface area contributed by atoms with E-state index in [1.807, 2.05) is 37.3 Å². The van der Waals surface area contributed by atoms with Gasteiger partial charge in [0, 0.05) is 22.6 Å². The molecule has 3 aromatic carbocycles. The van der Waals surface area contributed by atoms with E-state index in [4.69, 9.17) is 0 Å². The lowest BCUT2D eigenvalue weighted by Crippen LogP contribution is -2.17. The average molecular weight is 412 g/mol. The highest BCUT2D eigenvalue weighted by Gasteiger charge is 2.14. The van der Waals surface area contributed by atoms with Crippen molar-refractivity contribution < 1.29 is 9.90 Å². The Kier molecular flexibility index (Phi) is 5.34. The van der Waals surface area contributed by atoms with Gasteiger partial charge in [-0.25, -0.2) is 5.43 Å². The summed E-state index contributed by atoms with van der Waals surface area (Å²) in [6, 6.07) is 19.1. The molecule has 0 saturated carbocycles. The quantitative estimate of drug-likeness (QED) is 0.352. The monoisotopic (exact) mass is 411 g/mol. The molecule has 0 aliphatic rings. The van der Waals surface area contributed by atoms with Crippen LogP contribution in [0.5, 0.6) is 5.75 Å². The predicted molar refractivity (Wildman–Crippen MR) is 125 cm³/mol. The third-order valence-electron chi connectivity index (χ3n) is 5.77. The van der Waals surface area contributed by atoms with Crippen molar-refractivity contribution in [2.24, 2.45) is 5.10 Å². The van der Waals surface area contributed by atoms with Crippen LogP contribution in [-0.4, -0.2) is 21.8 Å². The normalized spacial score (nSPS) is 11.4. The van der Waals surface area contributed by atoms with Gasteiger partial charge in [-0.1, -0.05) is 36.4 Å². The van der Waals surface area contributed by atoms with E-state index in [0.717, 1.165) is 33.4 Å². The van der Waals surface area contributed by atoms with Crippen LogP contribution in [0.1, 0.15) is 38.4 Å². The lowest BCUT2D eigenvalue weighted by atomic mass is 10.1. The molecule has 1 amide bonds. The largest absolute Gasteiger partial charge is 0.507 e. The van der Waals surface area contributed by atoms with Gasteiger partial charge < -0.3 is 9.67 Å². The summed E-state index contributed by atoms with van der Waals surface area (Å²) in [6.07, 6.45) is 1.64. The second-order valence-corrected chi connectivity index (χ2v) is 7.80. The van der Waals surface area contributed by atoms with E-state index in [1.54, 1.807) is 18.3 Å². The van der Waals surface area contributed by atoms with Crippen LogP contribution < -0.4 is 5.43 Å². The Labute approximate surface area is 181 Å². The van der Waals surface area contributed by atoms with Crippen molar-refractivity contribution in [2.75, 3.05) is 0 Å². The number of nitrogens with one attached hydrogen (secondary N) is 1. The fraction of sp³-hybridized carbons (Fsp3) is 0.154. The molecule has 4 aromatic rings. The van der Waals surface area contributed by atoms with Gasteiger partial charge in [-0.3, -0.25) is 4.79 Å². The fourth-order valence-electron chi connectivity index (χ4n) is 3.90. The zero-order valence-electron chi connectivity index (χ0n) is 18.1. The standard InChI is InChI=1S/C26H25N3O2/c1-16-8-7-11-24(18(16)3)29-17(2)12-22(19(29)4)15-27-28-26(31)23-13-20-9-5-6-10-21(20)14-25(23)30/h5-15,30H,1-4H3,(H,28,31). The molecule has 31 heavy (non-hydrogen) atoms. The number of phenolic OH excluding ortho intramolecular Hbond substituents is 1. The minimum Gasteiger partial charge on any atom is -0.507 e. The molecule has 156 valence electrons. The van der Waals surface area contributed by atoms with Crippen LogP contribution >= 0.6 is 0 Å². The molecule has 0 spiro atoms. The first kappa shape index (κ1) is 20.4. The molecule has 1 aromatic heterocycles. The third kappa shape index (κ3) is 3.82. The summed E-state index contributed by atoms with van der Waals surface area (Å²) in [7, 11) is 0. The number of phenols is 1. The van der Waals surface area contributed by atoms with Crippen LogP contribution in [0.2, 0.25) is 0 Å². The van der Waals surface area contributed by atoms with E-state index in [0.29, 0.717) is 0 Å². The molecule has 0 saturated heterocycles. The van der Waals surface area contributed by atoms with E-state index >= 15 is 0 Å². The number of nitrogens with zero attached hydrogens (tertiary/aromatic N) is 2. The smallest absolute Gasteiger partial charge is 0.275 e. The fourth-order valence-corrected chi connectivity index (χ4v) is 3.90. The first-order chi connectivity index (χ1) is 14.9. The molecular formula is C26H25N3O2. The van der Waals surface area contributed by atoms with Gasteiger partial charge in [0.1, 0.15) is 5.75 Å². The Hall–Kier alpha value is -3.86. The van der Waals surface area contributed by atoms with Gasteiger partial charge in [0.05, 0.1) is 11.8 Å². The van der Waals surface area contributed by atoms with Gasteiger partial charge in [0.15, 0.2) is 0 Å². The van der Waals surface area contributed by atoms with Gasteiger partial charge in [0.2, 0.25) is 0 Å². The van der Waals surface area contributed by atoms with Gasteiger partial charge in [0.25, 0.3) is 5.91 Å². The van der Waals surface area contributed by atoms with Crippen molar-refractivity contribution in [1.29, 1.82) is 0 Å². The number of carbonyl (C=O) groups excluding carboxylic acids is 1. The third-order valence-corrected chi connectivity index (χ3v) is 5.77. The maximum Gasteiger partial charge on any atom is 0.275 e. The number of hydrogen-bond acceptors (Lipinski definition) is 3. The highest BCUT2D eigenvalue weighted by molar-refractivity contribution is 6.01. The number of rotatable bonds is 4. The van der Waals surface area contributed by atoms with Crippen molar-refractivity contribution in [3.63, 3.8) is 0 Å². The Bertz CT molecular complexity index is 1330. The zero-order chi connectivity index (χ0) is 22.1. The van der Waals surface area contributed by atoms with Crippen LogP contribution in [0.3, 0.4) is 0 Å². The minimum absolute atomic E-state index is 0.0699. The van der Waals surface area contributed by atoms with E-state index in [-0.39, 0.29) is 11.3 Å². The number of benzene rings is 3. The summed E-state index contributed by atoms with van der Waals surface area (Å²) in [5.74, 6) is -0.526. The Morgan fingerprint density at radius 2 is 1.68 bits per heavy atom. The number of amides is 1. The molecule has 0 fully saturated rings. The van der Waals surface area contributed by atoms with E-state index < -0.39 is 5.91 Å². The van der Waals surface area contributed by atoms with Crippen molar-refractivity contribution in [2.45, 2.75) is 27.7 Å². The van der Waals surface area contributed by atoms with Gasteiger partial charge in [-0.15, -0.1) is 0 Å². The second-order valence-electron chi connectivity index (χ2n) is 7.80. The number of hydrazone groups is 1. The number of fused-ring (bicyclic) bond motifs is 1. The van der Waals surface area contributed by atoms with E-state index in [1.165, 1.54) is 11.1 Å². The molecule has 0 radical (unpaired) electrons. The molecule has 0 aliphatic heterocycles. The molecule has 0 aliphatic carbocycles. The lowest BCUT2D eigenvalue weighted by molar-refractivity contribution is 0.0952. The molecule has 0 unspecified atom stereocenters. The summed E-state index contributed by atoms with van der Waals surface area (Å²) in [4.78, 5) is 12.6. The molecule has 0 bridgehead atoms. The molecular weight excluding hydrogens is 386 g/mol. The lowest BCUT2D eigenvalue weighted by Gasteiger charge is -2.14. The summed E-state index contributed by atoms with van der Waals surface area (Å²) in [5, 5.41) is 16.1. The molecule has 1 heterocycles. The van der Waals surface area contributed by atoms with E-state index in [9.17, 15) is 9.90 Å². The van der Waals surface area contributed by atoms with Gasteiger partial charge >= 0.3 is 0 Å². The molecule has 4 rings (SSSR count). The average Bonchev–Trinajstić information content (AvgIpc) is 3.02. The Morgan fingerprint density at radius 3 is 2.42 bits per heavy atom. The molecule has 5 nitrogen and oxygen atoms in total. The maximum atomic E-state index is 12.6. The zero-order valence-corrected chi connectivity index (χ0v) is 18.1. The highest BCUT2D eigenvalue weighted by atomic mass is 16.3. The Balaban J connectivity index is 1.58. The number of hydrogen-bond donors (Lipinski definition) is 2. The second kappa shape index (κ2) is 8.11. The number of aryl methyl sites for hydroxylation is 2. The predicted octanol–water partition coefficient (Wildman–Crippen LogP) is 5.33. The molecule has 2 N–H and O–H groups in total. The summed E-state index contributed by atoms with van der Waals surface area (Å²) >= 11 is 0. The van der Waals surface area contributed by atoms with E-state index in [2.05, 4.69) is 54.1 Å². The van der Waals surface area contributed by atoms with Crippen molar-refractivity contribution in [3.8, 4) is 11.4 Å². The van der Waals surface area contributed by atoms with Gasteiger partial charge in [-0.05, 0) is 73.9 Å². The summed E-state index contributed by atoms with van der Waals surface area (Å²) < 4.78 is 2.20. The summed E-state index contributed by atoms with van der Waals surface area (Å²) in [6.45, 7) is 8.31. The van der Waals surface area contributed by atoms with Gasteiger partial charge in [-0.2, -0.15) is 5.10 Å². The first-order valence-electron chi connectivity index (χ1n) is 10.2. The van der Waals surface area contributed by atoms with Crippen LogP contribution in [0, 0.1) is 27.7 Å². The number of carbonyl (C=O) groups is 1. The van der Waals surface area contributed by atoms with Crippen molar-refractivity contribution in [3.05, 3.63) is 94.3 Å². The minimum atomic E-state index is -0.456.